The van der Waals surface area contributed by atoms with Gasteiger partial charge in [-0.25, -0.2) is 4.39 Å². The van der Waals surface area contributed by atoms with Gasteiger partial charge in [0.05, 0.1) is 4.47 Å². The number of benzene rings is 1. The van der Waals surface area contributed by atoms with Gasteiger partial charge in [-0.1, -0.05) is 6.07 Å². The summed E-state index contributed by atoms with van der Waals surface area (Å²) in [5.41, 5.74) is 1.13. The molecule has 1 fully saturated rings. The van der Waals surface area contributed by atoms with E-state index in [4.69, 9.17) is 4.74 Å². The molecular weight excluding hydrogens is 285 g/mol. The Morgan fingerprint density at radius 1 is 1.41 bits per heavy atom. The number of ether oxygens (including phenoxy) is 1. The van der Waals surface area contributed by atoms with Gasteiger partial charge in [0.2, 0.25) is 0 Å². The molecule has 0 spiro atoms. The topological polar surface area (TPSA) is 21.3 Å². The molecule has 2 rings (SSSR count). The predicted molar refractivity (Wildman–Crippen MR) is 69.4 cm³/mol. The molecule has 0 aromatic heterocycles. The van der Waals surface area contributed by atoms with Gasteiger partial charge < -0.3 is 10.1 Å². The maximum absolute atomic E-state index is 13.2. The minimum atomic E-state index is -0.212. The molecule has 1 aliphatic rings. The van der Waals surface area contributed by atoms with Gasteiger partial charge in [-0.05, 0) is 59.4 Å². The van der Waals surface area contributed by atoms with Crippen molar-refractivity contribution in [1.82, 2.24) is 5.32 Å². The Morgan fingerprint density at radius 2 is 2.12 bits per heavy atom. The van der Waals surface area contributed by atoms with E-state index in [0.717, 1.165) is 31.6 Å². The molecule has 0 saturated carbocycles. The summed E-state index contributed by atoms with van der Waals surface area (Å²) in [6, 6.07) is 5.52. The Bertz CT molecular complexity index is 380. The monoisotopic (exact) mass is 301 g/mol. The van der Waals surface area contributed by atoms with E-state index in [0.29, 0.717) is 10.4 Å². The number of hydrogen-bond acceptors (Lipinski definition) is 2. The van der Waals surface area contributed by atoms with Crippen molar-refractivity contribution in [2.24, 2.45) is 5.92 Å². The lowest BCUT2D eigenvalue weighted by atomic mass is 9.87. The van der Waals surface area contributed by atoms with E-state index in [2.05, 4.69) is 21.2 Å². The molecule has 1 aliphatic heterocycles. The maximum Gasteiger partial charge on any atom is 0.137 e. The van der Waals surface area contributed by atoms with Gasteiger partial charge >= 0.3 is 0 Å². The van der Waals surface area contributed by atoms with Crippen LogP contribution in [0.4, 0.5) is 4.39 Å². The smallest absolute Gasteiger partial charge is 0.137 e. The van der Waals surface area contributed by atoms with Gasteiger partial charge in [0, 0.05) is 19.3 Å². The summed E-state index contributed by atoms with van der Waals surface area (Å²) >= 11 is 3.24. The molecular formula is C13H17BrFNO. The number of halogens is 2. The number of rotatable bonds is 3. The van der Waals surface area contributed by atoms with Crippen LogP contribution in [0.2, 0.25) is 0 Å². The third-order valence-electron chi connectivity index (χ3n) is 3.35. The molecule has 17 heavy (non-hydrogen) atoms. The van der Waals surface area contributed by atoms with Crippen LogP contribution < -0.4 is 5.32 Å². The van der Waals surface area contributed by atoms with Gasteiger partial charge in [0.25, 0.3) is 0 Å². The molecule has 0 radical (unpaired) electrons. The molecule has 1 heterocycles. The molecule has 1 aromatic rings. The van der Waals surface area contributed by atoms with Crippen LogP contribution in [0, 0.1) is 11.7 Å². The molecule has 2 nitrogen and oxygen atoms in total. The summed E-state index contributed by atoms with van der Waals surface area (Å²) in [5.74, 6) is 0.349. The zero-order valence-electron chi connectivity index (χ0n) is 9.88. The zero-order valence-corrected chi connectivity index (χ0v) is 11.5. The van der Waals surface area contributed by atoms with Gasteiger partial charge in [-0.15, -0.1) is 0 Å². The second-order valence-corrected chi connectivity index (χ2v) is 5.24. The van der Waals surface area contributed by atoms with Crippen LogP contribution in [0.1, 0.15) is 24.4 Å². The van der Waals surface area contributed by atoms with Crippen molar-refractivity contribution in [2.75, 3.05) is 20.3 Å². The molecule has 0 bridgehead atoms. The Balaban J connectivity index is 2.18. The van der Waals surface area contributed by atoms with Gasteiger partial charge in [0.15, 0.2) is 0 Å². The molecule has 0 aliphatic carbocycles. The van der Waals surface area contributed by atoms with Crippen LogP contribution in [0.15, 0.2) is 22.7 Å². The zero-order chi connectivity index (χ0) is 12.3. The Kier molecular flexibility index (Phi) is 4.54. The second-order valence-electron chi connectivity index (χ2n) is 4.39. The summed E-state index contributed by atoms with van der Waals surface area (Å²) in [6.07, 6.45) is 2.11. The highest BCUT2D eigenvalue weighted by Crippen LogP contribution is 2.31. The second kappa shape index (κ2) is 5.94. The highest BCUT2D eigenvalue weighted by molar-refractivity contribution is 9.10. The Hall–Kier alpha value is -0.450. The predicted octanol–water partition coefficient (Wildman–Crippen LogP) is 3.28. The molecule has 1 N–H and O–H groups in total. The molecule has 1 saturated heterocycles. The Labute approximate surface area is 110 Å². The SMILES string of the molecule is CNC(c1ccc(F)c(Br)c1)C1CCOCC1. The summed E-state index contributed by atoms with van der Waals surface area (Å²) in [5, 5.41) is 3.34. The molecule has 0 amide bonds. The molecule has 4 heteroatoms. The lowest BCUT2D eigenvalue weighted by Crippen LogP contribution is -2.30. The fraction of sp³-hybridized carbons (Fsp3) is 0.538. The van der Waals surface area contributed by atoms with Crippen molar-refractivity contribution in [1.29, 1.82) is 0 Å². The third kappa shape index (κ3) is 3.06. The first-order chi connectivity index (χ1) is 8.22. The standard InChI is InChI=1S/C13H17BrFNO/c1-16-13(9-4-6-17-7-5-9)10-2-3-12(15)11(14)8-10/h2-3,8-9,13,16H,4-7H2,1H3. The van der Waals surface area contributed by atoms with Gasteiger partial charge in [-0.2, -0.15) is 0 Å². The van der Waals surface area contributed by atoms with E-state index < -0.39 is 0 Å². The van der Waals surface area contributed by atoms with Gasteiger partial charge in [0.1, 0.15) is 5.82 Å². The van der Waals surface area contributed by atoms with Crippen LogP contribution in [-0.2, 0) is 4.74 Å². The van der Waals surface area contributed by atoms with Crippen molar-refractivity contribution >= 4 is 15.9 Å². The van der Waals surface area contributed by atoms with E-state index >= 15 is 0 Å². The van der Waals surface area contributed by atoms with Crippen molar-refractivity contribution in [3.05, 3.63) is 34.1 Å². The highest BCUT2D eigenvalue weighted by Gasteiger charge is 2.24. The molecule has 1 unspecified atom stereocenters. The fourth-order valence-corrected chi connectivity index (χ4v) is 2.83. The third-order valence-corrected chi connectivity index (χ3v) is 3.96. The maximum atomic E-state index is 13.2. The van der Waals surface area contributed by atoms with Crippen LogP contribution in [0.5, 0.6) is 0 Å². The van der Waals surface area contributed by atoms with Gasteiger partial charge in [-0.3, -0.25) is 0 Å². The normalized spacial score (nSPS) is 19.2. The Morgan fingerprint density at radius 3 is 2.71 bits per heavy atom. The van der Waals surface area contributed by atoms with Crippen molar-refractivity contribution in [3.63, 3.8) is 0 Å². The van der Waals surface area contributed by atoms with E-state index in [1.807, 2.05) is 19.2 Å². The lowest BCUT2D eigenvalue weighted by Gasteiger charge is -2.30. The minimum absolute atomic E-state index is 0.212. The van der Waals surface area contributed by atoms with Crippen LogP contribution in [0.25, 0.3) is 0 Å². The van der Waals surface area contributed by atoms with E-state index in [9.17, 15) is 4.39 Å². The van der Waals surface area contributed by atoms with Crippen molar-refractivity contribution < 1.29 is 9.13 Å². The van der Waals surface area contributed by atoms with E-state index in [-0.39, 0.29) is 11.9 Å². The minimum Gasteiger partial charge on any atom is -0.381 e. The summed E-state index contributed by atoms with van der Waals surface area (Å²) < 4.78 is 19.1. The van der Waals surface area contributed by atoms with Crippen molar-refractivity contribution in [2.45, 2.75) is 18.9 Å². The molecule has 1 aromatic carbocycles. The summed E-state index contributed by atoms with van der Waals surface area (Å²) in [7, 11) is 1.96. The average Bonchev–Trinajstić information content (AvgIpc) is 2.36. The van der Waals surface area contributed by atoms with Crippen LogP contribution in [0.3, 0.4) is 0 Å². The first-order valence-corrected chi connectivity index (χ1v) is 6.71. The first kappa shape index (κ1) is 13.0. The number of nitrogens with one attached hydrogen (secondary N) is 1. The highest BCUT2D eigenvalue weighted by atomic mass is 79.9. The number of hydrogen-bond donors (Lipinski definition) is 1. The van der Waals surface area contributed by atoms with Crippen LogP contribution >= 0.6 is 15.9 Å². The summed E-state index contributed by atoms with van der Waals surface area (Å²) in [4.78, 5) is 0. The molecule has 1 atom stereocenters. The van der Waals surface area contributed by atoms with Crippen molar-refractivity contribution in [3.8, 4) is 0 Å². The largest absolute Gasteiger partial charge is 0.381 e. The summed E-state index contributed by atoms with van der Waals surface area (Å²) in [6.45, 7) is 1.65. The van der Waals surface area contributed by atoms with E-state index in [1.165, 1.54) is 6.07 Å². The molecule has 94 valence electrons. The quantitative estimate of drug-likeness (QED) is 0.925. The average molecular weight is 302 g/mol. The first-order valence-electron chi connectivity index (χ1n) is 5.92. The van der Waals surface area contributed by atoms with Crippen LogP contribution in [-0.4, -0.2) is 20.3 Å². The fourth-order valence-electron chi connectivity index (χ4n) is 2.43. The lowest BCUT2D eigenvalue weighted by molar-refractivity contribution is 0.0546. The van der Waals surface area contributed by atoms with E-state index in [1.54, 1.807) is 0 Å².